The van der Waals surface area contributed by atoms with E-state index >= 15 is 0 Å². The van der Waals surface area contributed by atoms with E-state index < -0.39 is 58.1 Å². The van der Waals surface area contributed by atoms with Gasteiger partial charge in [0.1, 0.15) is 5.75 Å². The van der Waals surface area contributed by atoms with Crippen LogP contribution in [0, 0.1) is 17.6 Å². The second-order valence-electron chi connectivity index (χ2n) is 7.77. The summed E-state index contributed by atoms with van der Waals surface area (Å²) in [5, 5.41) is 0. The molecule has 0 aromatic heterocycles. The van der Waals surface area contributed by atoms with E-state index in [-0.39, 0.29) is 22.6 Å². The second-order valence-corrected chi connectivity index (χ2v) is 9.91. The number of rotatable bonds is 10. The number of alkyl halides is 3. The fourth-order valence-electron chi connectivity index (χ4n) is 3.28. The minimum Gasteiger partial charge on any atom is -0.463 e. The molecule has 0 spiro atoms. The number of ether oxygens (including phenoxy) is 2. The normalized spacial score (nSPS) is 13.8. The molecule has 5 nitrogen and oxygen atoms in total. The summed E-state index contributed by atoms with van der Waals surface area (Å²) in [4.78, 5) is 12.6. The zero-order valence-corrected chi connectivity index (χ0v) is 19.4. The molecule has 0 aliphatic rings. The molecule has 1 unspecified atom stereocenters. The Bertz CT molecular complexity index is 1160. The fraction of sp³-hybridized carbons (Fsp3) is 0.348. The van der Waals surface area contributed by atoms with Gasteiger partial charge in [0.15, 0.2) is 28.1 Å². The SMILES string of the molecule is COC(=O)/C(Oc1ccc(F)c(F)c1)=C(/c1ccc(CS(C)(=O)=O)cc1)C(C)CC(F)(F)CF. The topological polar surface area (TPSA) is 69.7 Å². The third-order valence-electron chi connectivity index (χ3n) is 4.71. The Morgan fingerprint density at radius 1 is 1.06 bits per heavy atom. The highest BCUT2D eigenvalue weighted by Crippen LogP contribution is 2.36. The van der Waals surface area contributed by atoms with Crippen LogP contribution in [0.4, 0.5) is 22.0 Å². The van der Waals surface area contributed by atoms with E-state index in [4.69, 9.17) is 9.47 Å². The smallest absolute Gasteiger partial charge is 0.374 e. The molecule has 0 aliphatic heterocycles. The van der Waals surface area contributed by atoms with Gasteiger partial charge in [-0.2, -0.15) is 0 Å². The fourth-order valence-corrected chi connectivity index (χ4v) is 4.08. The highest BCUT2D eigenvalue weighted by Gasteiger charge is 2.35. The first kappa shape index (κ1) is 27.3. The molecule has 0 heterocycles. The first-order valence-corrected chi connectivity index (χ1v) is 12.0. The number of methoxy groups -OCH3 is 1. The first-order chi connectivity index (χ1) is 15.8. The largest absolute Gasteiger partial charge is 0.463 e. The lowest BCUT2D eigenvalue weighted by Crippen LogP contribution is -2.25. The van der Waals surface area contributed by atoms with Crippen LogP contribution in [0.3, 0.4) is 0 Å². The van der Waals surface area contributed by atoms with Crippen LogP contribution < -0.4 is 4.74 Å². The summed E-state index contributed by atoms with van der Waals surface area (Å²) in [6.45, 7) is -0.629. The highest BCUT2D eigenvalue weighted by atomic mass is 32.2. The summed E-state index contributed by atoms with van der Waals surface area (Å²) in [5.74, 6) is -9.62. The van der Waals surface area contributed by atoms with E-state index in [2.05, 4.69) is 0 Å². The highest BCUT2D eigenvalue weighted by molar-refractivity contribution is 7.89. The predicted octanol–water partition coefficient (Wildman–Crippen LogP) is 5.10. The molecule has 0 amide bonds. The van der Waals surface area contributed by atoms with Crippen molar-refractivity contribution in [2.24, 2.45) is 5.92 Å². The molecule has 34 heavy (non-hydrogen) atoms. The molecular weight excluding hydrogens is 483 g/mol. The van der Waals surface area contributed by atoms with Gasteiger partial charge in [0.25, 0.3) is 5.92 Å². The molecule has 0 fully saturated rings. The summed E-state index contributed by atoms with van der Waals surface area (Å²) >= 11 is 0. The Balaban J connectivity index is 2.66. The zero-order valence-electron chi connectivity index (χ0n) is 18.6. The lowest BCUT2D eigenvalue weighted by Gasteiger charge is -2.23. The van der Waals surface area contributed by atoms with E-state index in [1.165, 1.54) is 31.2 Å². The Morgan fingerprint density at radius 2 is 1.68 bits per heavy atom. The molecule has 1 atom stereocenters. The molecular formula is C23H23F5O5S. The molecule has 2 rings (SSSR count). The van der Waals surface area contributed by atoms with Gasteiger partial charge in [-0.3, -0.25) is 0 Å². The number of benzene rings is 2. The number of hydrogen-bond acceptors (Lipinski definition) is 5. The summed E-state index contributed by atoms with van der Waals surface area (Å²) in [6.07, 6.45) is 0.0317. The molecule has 2 aromatic rings. The van der Waals surface area contributed by atoms with Gasteiger partial charge in [0.2, 0.25) is 5.76 Å². The quantitative estimate of drug-likeness (QED) is 0.194. The monoisotopic (exact) mass is 506 g/mol. The Labute approximate surface area is 194 Å². The molecule has 0 bridgehead atoms. The van der Waals surface area contributed by atoms with Crippen LogP contribution in [0.1, 0.15) is 24.5 Å². The standard InChI is InChI=1S/C23H23F5O5S/c1-14(11-23(27,28)13-24)20(16-6-4-15(5-7-16)12-34(3,30)31)21(22(29)32-2)33-17-8-9-18(25)19(26)10-17/h4-10,14H,11-13H2,1-3H3/b21-20-. The lowest BCUT2D eigenvalue weighted by molar-refractivity contribution is -0.138. The van der Waals surface area contributed by atoms with Crippen molar-refractivity contribution in [1.29, 1.82) is 0 Å². The minimum absolute atomic E-state index is 0.115. The predicted molar refractivity (Wildman–Crippen MR) is 116 cm³/mol. The molecule has 186 valence electrons. The summed E-state index contributed by atoms with van der Waals surface area (Å²) in [7, 11) is -2.35. The number of esters is 1. The van der Waals surface area contributed by atoms with E-state index in [0.29, 0.717) is 11.6 Å². The third kappa shape index (κ3) is 7.54. The molecule has 0 radical (unpaired) electrons. The van der Waals surface area contributed by atoms with Gasteiger partial charge in [-0.05, 0) is 29.2 Å². The maximum Gasteiger partial charge on any atom is 0.374 e. The van der Waals surface area contributed by atoms with Crippen molar-refractivity contribution in [3.63, 3.8) is 0 Å². The molecule has 0 saturated heterocycles. The first-order valence-electron chi connectivity index (χ1n) is 9.92. The van der Waals surface area contributed by atoms with Crippen molar-refractivity contribution in [3.05, 3.63) is 71.0 Å². The Hall–Kier alpha value is -2.95. The van der Waals surface area contributed by atoms with E-state index in [1.807, 2.05) is 0 Å². The van der Waals surface area contributed by atoms with Crippen molar-refractivity contribution < 1.29 is 44.6 Å². The number of carbonyl (C=O) groups excluding carboxylic acids is 1. The number of allylic oxidation sites excluding steroid dienone is 1. The molecule has 0 N–H and O–H groups in total. The molecule has 11 heteroatoms. The van der Waals surface area contributed by atoms with Gasteiger partial charge < -0.3 is 9.47 Å². The summed E-state index contributed by atoms with van der Waals surface area (Å²) < 4.78 is 101. The van der Waals surface area contributed by atoms with Crippen LogP contribution in [0.15, 0.2) is 48.2 Å². The van der Waals surface area contributed by atoms with Crippen molar-refractivity contribution in [3.8, 4) is 5.75 Å². The van der Waals surface area contributed by atoms with Crippen molar-refractivity contribution in [2.45, 2.75) is 25.0 Å². The van der Waals surface area contributed by atoms with Crippen molar-refractivity contribution in [2.75, 3.05) is 20.0 Å². The average molecular weight is 506 g/mol. The third-order valence-corrected chi connectivity index (χ3v) is 5.57. The van der Waals surface area contributed by atoms with Crippen LogP contribution in [0.25, 0.3) is 5.57 Å². The lowest BCUT2D eigenvalue weighted by atomic mass is 9.88. The number of halogens is 5. The van der Waals surface area contributed by atoms with Crippen LogP contribution in [-0.2, 0) is 25.1 Å². The molecule has 0 saturated carbocycles. The maximum absolute atomic E-state index is 13.9. The van der Waals surface area contributed by atoms with Gasteiger partial charge in [0, 0.05) is 24.3 Å². The number of carbonyl (C=O) groups is 1. The molecule has 0 aliphatic carbocycles. The molecule has 2 aromatic carbocycles. The van der Waals surface area contributed by atoms with Crippen LogP contribution >= 0.6 is 0 Å². The number of hydrogen-bond donors (Lipinski definition) is 0. The van der Waals surface area contributed by atoms with Crippen molar-refractivity contribution in [1.82, 2.24) is 0 Å². The number of sulfone groups is 1. The van der Waals surface area contributed by atoms with Crippen LogP contribution in [-0.4, -0.2) is 40.3 Å². The Morgan fingerprint density at radius 3 is 2.18 bits per heavy atom. The van der Waals surface area contributed by atoms with Gasteiger partial charge in [-0.15, -0.1) is 0 Å². The van der Waals surface area contributed by atoms with E-state index in [1.54, 1.807) is 0 Å². The van der Waals surface area contributed by atoms with Gasteiger partial charge >= 0.3 is 5.97 Å². The van der Waals surface area contributed by atoms with Gasteiger partial charge in [-0.25, -0.2) is 35.2 Å². The van der Waals surface area contributed by atoms with Crippen LogP contribution in [0.5, 0.6) is 5.75 Å². The average Bonchev–Trinajstić information content (AvgIpc) is 2.75. The van der Waals surface area contributed by atoms with E-state index in [9.17, 15) is 35.2 Å². The van der Waals surface area contributed by atoms with E-state index in [0.717, 1.165) is 25.5 Å². The zero-order chi connectivity index (χ0) is 25.7. The summed E-state index contributed by atoms with van der Waals surface area (Å²) in [5.41, 5.74) is 0.464. The van der Waals surface area contributed by atoms with Crippen molar-refractivity contribution >= 4 is 21.4 Å². The second kappa shape index (κ2) is 11.0. The van der Waals surface area contributed by atoms with Gasteiger partial charge in [-0.1, -0.05) is 31.2 Å². The Kier molecular flexibility index (Phi) is 8.82. The minimum atomic E-state index is -3.72. The van der Waals surface area contributed by atoms with Gasteiger partial charge in [0.05, 0.1) is 12.9 Å². The summed E-state index contributed by atoms with van der Waals surface area (Å²) in [6, 6.07) is 8.04. The maximum atomic E-state index is 13.9. The van der Waals surface area contributed by atoms with Crippen LogP contribution in [0.2, 0.25) is 0 Å².